The number of anilines is 1. The number of nitrogen functional groups attached to an aromatic ring is 1. The Balaban J connectivity index is 1.38. The average Bonchev–Trinajstić information content (AvgIpc) is 3.49. The third-order valence-corrected chi connectivity index (χ3v) is 7.73. The summed E-state index contributed by atoms with van der Waals surface area (Å²) in [6.45, 7) is 0.323. The van der Waals surface area contributed by atoms with E-state index in [1.807, 2.05) is 34.3 Å². The molecule has 1 unspecified atom stereocenters. The number of carbonyl (C=O) groups is 3. The highest BCUT2D eigenvalue weighted by Crippen LogP contribution is 2.40. The van der Waals surface area contributed by atoms with Gasteiger partial charge in [-0.3, -0.25) is 14.5 Å². The maximum Gasteiger partial charge on any atom is 0.352 e. The van der Waals surface area contributed by atoms with Crippen molar-refractivity contribution in [1.82, 2.24) is 20.4 Å². The van der Waals surface area contributed by atoms with Gasteiger partial charge in [-0.25, -0.2) is 4.79 Å². The van der Waals surface area contributed by atoms with Crippen molar-refractivity contribution in [2.45, 2.75) is 18.0 Å². The first-order valence-electron chi connectivity index (χ1n) is 10.2. The smallest absolute Gasteiger partial charge is 0.352 e. The van der Waals surface area contributed by atoms with E-state index < -0.39 is 29.2 Å². The van der Waals surface area contributed by atoms with E-state index in [4.69, 9.17) is 5.73 Å². The van der Waals surface area contributed by atoms with E-state index in [0.29, 0.717) is 17.9 Å². The summed E-state index contributed by atoms with van der Waals surface area (Å²) >= 11 is 2.92. The van der Waals surface area contributed by atoms with Crippen molar-refractivity contribution in [1.29, 1.82) is 0 Å². The topological polar surface area (TPSA) is 177 Å². The number of thioether (sulfide) groups is 1. The molecule has 5 heterocycles. The van der Waals surface area contributed by atoms with Gasteiger partial charge in [0.05, 0.1) is 5.39 Å². The van der Waals surface area contributed by atoms with E-state index in [1.54, 1.807) is 11.3 Å². The molecule has 0 spiro atoms. The number of oxime groups is 1. The number of hydrogen-bond acceptors (Lipinski definition) is 11. The SMILES string of the molecule is CON=C(C(=O)NC1C(=O)N2C(C(=O)O)=C(C[n+]3cccc4ccsc43)CS[C@@H]12)c1noc(N)n1. The number of aliphatic carboxylic acids is 1. The van der Waals surface area contributed by atoms with Gasteiger partial charge in [-0.1, -0.05) is 21.6 Å². The van der Waals surface area contributed by atoms with Crippen molar-refractivity contribution in [3.8, 4) is 0 Å². The number of nitrogens with two attached hydrogens (primary N) is 1. The Morgan fingerprint density at radius 2 is 2.29 bits per heavy atom. The maximum atomic E-state index is 13.0. The van der Waals surface area contributed by atoms with Crippen LogP contribution in [0.4, 0.5) is 6.01 Å². The van der Waals surface area contributed by atoms with Gasteiger partial charge in [-0.2, -0.15) is 9.55 Å². The summed E-state index contributed by atoms with van der Waals surface area (Å²) in [7, 11) is 1.23. The molecule has 180 valence electrons. The third kappa shape index (κ3) is 3.97. The van der Waals surface area contributed by atoms with Crippen LogP contribution in [0, 0.1) is 0 Å². The number of carboxylic acids is 1. The Labute approximate surface area is 205 Å². The van der Waals surface area contributed by atoms with Gasteiger partial charge in [0.1, 0.15) is 24.2 Å². The lowest BCUT2D eigenvalue weighted by atomic mass is 10.0. The molecule has 3 aromatic rings. The highest BCUT2D eigenvalue weighted by Gasteiger charge is 2.55. The highest BCUT2D eigenvalue weighted by atomic mass is 32.2. The minimum atomic E-state index is -1.20. The fraction of sp³-hybridized carbons (Fsp3) is 0.250. The Bertz CT molecular complexity index is 1410. The second-order valence-corrected chi connectivity index (χ2v) is 9.51. The number of carbonyl (C=O) groups excluding carboxylic acids is 2. The monoisotopic (exact) mass is 516 g/mol. The van der Waals surface area contributed by atoms with Crippen LogP contribution >= 0.6 is 23.1 Å². The number of nitrogens with one attached hydrogen (secondary N) is 1. The van der Waals surface area contributed by atoms with Gasteiger partial charge < -0.3 is 25.5 Å². The van der Waals surface area contributed by atoms with Gasteiger partial charge in [0.15, 0.2) is 12.7 Å². The van der Waals surface area contributed by atoms with E-state index in [2.05, 4.69) is 30.0 Å². The van der Waals surface area contributed by atoms with E-state index >= 15 is 0 Å². The fourth-order valence-electron chi connectivity index (χ4n) is 3.94. The van der Waals surface area contributed by atoms with Crippen LogP contribution in [0.2, 0.25) is 0 Å². The molecule has 2 aliphatic heterocycles. The fourth-order valence-corrected chi connectivity index (χ4v) is 6.15. The summed E-state index contributed by atoms with van der Waals surface area (Å²) < 4.78 is 6.63. The molecule has 0 radical (unpaired) electrons. The Hall–Kier alpha value is -3.98. The number of β-lactam (4-membered cyclic amide) rings is 1. The number of hydrogen-bond donors (Lipinski definition) is 3. The van der Waals surface area contributed by atoms with Crippen molar-refractivity contribution in [3.63, 3.8) is 0 Å². The number of carboxylic acid groups (broad SMARTS) is 1. The number of nitrogens with zero attached hydrogens (tertiary/aromatic N) is 5. The van der Waals surface area contributed by atoms with Crippen LogP contribution in [0.25, 0.3) is 10.2 Å². The summed E-state index contributed by atoms with van der Waals surface area (Å²) in [6, 6.07) is 4.63. The number of fused-ring (bicyclic) bond motifs is 2. The summed E-state index contributed by atoms with van der Waals surface area (Å²) in [5, 5.41) is 22.1. The van der Waals surface area contributed by atoms with E-state index in [-0.39, 0.29) is 23.2 Å². The molecular formula is C20H18N7O6S2+. The van der Waals surface area contributed by atoms with Crippen LogP contribution in [0.15, 0.2) is 50.7 Å². The molecule has 13 nitrogen and oxygen atoms in total. The van der Waals surface area contributed by atoms with Gasteiger partial charge in [0.2, 0.25) is 11.5 Å². The van der Waals surface area contributed by atoms with Crippen molar-refractivity contribution in [3.05, 3.63) is 46.9 Å². The lowest BCUT2D eigenvalue weighted by Crippen LogP contribution is -2.71. The van der Waals surface area contributed by atoms with Gasteiger partial charge in [-0.05, 0) is 17.5 Å². The van der Waals surface area contributed by atoms with E-state index in [1.165, 1.54) is 23.8 Å². The van der Waals surface area contributed by atoms with Crippen LogP contribution in [-0.4, -0.2) is 67.9 Å². The molecule has 2 aliphatic rings. The molecule has 35 heavy (non-hydrogen) atoms. The minimum absolute atomic E-state index is 0.0676. The molecule has 15 heteroatoms. The molecule has 1 saturated heterocycles. The van der Waals surface area contributed by atoms with E-state index in [9.17, 15) is 19.5 Å². The first-order chi connectivity index (χ1) is 16.9. The number of aromatic nitrogens is 3. The molecule has 0 bridgehead atoms. The van der Waals surface area contributed by atoms with Crippen LogP contribution in [0.5, 0.6) is 0 Å². The normalized spacial score (nSPS) is 20.0. The molecule has 4 N–H and O–H groups in total. The molecule has 2 amide bonds. The summed E-state index contributed by atoms with van der Waals surface area (Å²) in [5.41, 5.74) is 5.60. The predicted molar refractivity (Wildman–Crippen MR) is 124 cm³/mol. The zero-order valence-electron chi connectivity index (χ0n) is 18.1. The molecule has 2 atom stereocenters. The lowest BCUT2D eigenvalue weighted by molar-refractivity contribution is -0.661. The molecule has 5 rings (SSSR count). The average molecular weight is 517 g/mol. The summed E-state index contributed by atoms with van der Waals surface area (Å²) in [5.74, 6) is -2.38. The van der Waals surface area contributed by atoms with Gasteiger partial charge >= 0.3 is 12.0 Å². The van der Waals surface area contributed by atoms with Crippen LogP contribution in [0.1, 0.15) is 5.82 Å². The van der Waals surface area contributed by atoms with Crippen molar-refractivity contribution < 1.29 is 33.4 Å². The first kappa shape index (κ1) is 22.8. The van der Waals surface area contributed by atoms with Crippen molar-refractivity contribution in [2.24, 2.45) is 5.16 Å². The van der Waals surface area contributed by atoms with Crippen molar-refractivity contribution in [2.75, 3.05) is 18.6 Å². The maximum absolute atomic E-state index is 13.0. The third-order valence-electron chi connectivity index (χ3n) is 5.43. The molecule has 3 aromatic heterocycles. The van der Waals surface area contributed by atoms with Crippen LogP contribution in [0.3, 0.4) is 0 Å². The van der Waals surface area contributed by atoms with Crippen LogP contribution in [-0.2, 0) is 25.8 Å². The van der Waals surface area contributed by atoms with E-state index in [0.717, 1.165) is 10.2 Å². The lowest BCUT2D eigenvalue weighted by Gasteiger charge is -2.49. The zero-order chi connectivity index (χ0) is 24.7. The molecule has 0 aromatic carbocycles. The van der Waals surface area contributed by atoms with Gasteiger partial charge in [-0.15, -0.1) is 11.8 Å². The Morgan fingerprint density at radius 3 is 3.00 bits per heavy atom. The standard InChI is InChI=1S/C20H17N7O6S2/c1-32-24-11(14-23-20(21)33-25-14)15(28)22-12-16(29)27-13(19(30)31)10(8-35-18(12)27)7-26-5-2-3-9-4-6-34-17(9)26/h2-6,12,18H,7-8H2,1H3,(H3-,21,22,23,25,28,30,31)/p+1/t12?,18-/m0/s1. The number of rotatable bonds is 7. The Morgan fingerprint density at radius 1 is 1.46 bits per heavy atom. The number of amides is 2. The molecule has 1 fully saturated rings. The zero-order valence-corrected chi connectivity index (χ0v) is 19.7. The van der Waals surface area contributed by atoms with Crippen LogP contribution < -0.4 is 15.6 Å². The highest BCUT2D eigenvalue weighted by molar-refractivity contribution is 8.00. The second-order valence-electron chi connectivity index (χ2n) is 7.51. The summed E-state index contributed by atoms with van der Waals surface area (Å²) in [4.78, 5) is 48.6. The van der Waals surface area contributed by atoms with Crippen molar-refractivity contribution >= 4 is 62.8 Å². The number of pyridine rings is 1. The Kier molecular flexibility index (Phi) is 5.86. The summed E-state index contributed by atoms with van der Waals surface area (Å²) in [6.07, 6.45) is 1.88. The minimum Gasteiger partial charge on any atom is -0.477 e. The first-order valence-corrected chi connectivity index (χ1v) is 12.1. The molecule has 0 saturated carbocycles. The second kappa shape index (κ2) is 8.99. The quantitative estimate of drug-likeness (QED) is 0.167. The predicted octanol–water partition coefficient (Wildman–Crippen LogP) is -0.0567. The molecular weight excluding hydrogens is 498 g/mol. The number of thiophene rings is 1. The molecule has 0 aliphatic carbocycles. The largest absolute Gasteiger partial charge is 0.477 e. The van der Waals surface area contributed by atoms with Gasteiger partial charge in [0.25, 0.3) is 16.6 Å². The van der Waals surface area contributed by atoms with Gasteiger partial charge in [0, 0.05) is 17.4 Å².